The summed E-state index contributed by atoms with van der Waals surface area (Å²) in [5, 5.41) is 0. The molecule has 5 rings (SSSR count). The summed E-state index contributed by atoms with van der Waals surface area (Å²) < 4.78 is 29.4. The number of esters is 2. The maximum Gasteiger partial charge on any atom is 0.338 e. The van der Waals surface area contributed by atoms with Crippen molar-refractivity contribution in [3.8, 4) is 5.75 Å². The Balaban J connectivity index is 1.27. The van der Waals surface area contributed by atoms with Crippen molar-refractivity contribution in [3.63, 3.8) is 0 Å². The van der Waals surface area contributed by atoms with Crippen molar-refractivity contribution in [2.75, 3.05) is 19.8 Å². The normalized spacial score (nSPS) is 27.7. The Morgan fingerprint density at radius 2 is 1.70 bits per heavy atom. The molecule has 1 aliphatic carbocycles. The molecule has 0 bridgehead atoms. The van der Waals surface area contributed by atoms with Crippen LogP contribution in [0.15, 0.2) is 60.7 Å². The number of carbonyl (C=O) groups is 2. The SMILES string of the molecule is O=C1C[C@@H]2[C@@H](CCC3(COc4ccccc4)OCCO3)[C@H](OC(=O)c3ccccc3)C[C@@H]2O1. The Kier molecular flexibility index (Phi) is 6.33. The molecule has 2 aliphatic heterocycles. The molecule has 0 radical (unpaired) electrons. The third-order valence-electron chi connectivity index (χ3n) is 6.80. The van der Waals surface area contributed by atoms with Gasteiger partial charge in [-0.2, -0.15) is 0 Å². The van der Waals surface area contributed by atoms with E-state index in [9.17, 15) is 9.59 Å². The number of ether oxygens (including phenoxy) is 5. The number of hydrogen-bond acceptors (Lipinski definition) is 7. The first kappa shape index (κ1) is 21.9. The second kappa shape index (κ2) is 9.53. The maximum atomic E-state index is 12.7. The van der Waals surface area contributed by atoms with Gasteiger partial charge in [-0.15, -0.1) is 0 Å². The van der Waals surface area contributed by atoms with E-state index in [2.05, 4.69) is 0 Å². The highest BCUT2D eigenvalue weighted by Gasteiger charge is 2.52. The van der Waals surface area contributed by atoms with Crippen LogP contribution in [-0.2, 0) is 23.7 Å². The number of rotatable bonds is 8. The van der Waals surface area contributed by atoms with Crippen molar-refractivity contribution in [3.05, 3.63) is 66.2 Å². The molecule has 2 saturated heterocycles. The summed E-state index contributed by atoms with van der Waals surface area (Å²) >= 11 is 0. The molecular weight excluding hydrogens is 424 g/mol. The summed E-state index contributed by atoms with van der Waals surface area (Å²) in [5.41, 5.74) is 0.514. The molecule has 33 heavy (non-hydrogen) atoms. The van der Waals surface area contributed by atoms with E-state index in [1.807, 2.05) is 48.5 Å². The fourth-order valence-corrected chi connectivity index (χ4v) is 5.17. The number of benzene rings is 2. The van der Waals surface area contributed by atoms with Crippen LogP contribution in [0, 0.1) is 11.8 Å². The molecule has 7 nitrogen and oxygen atoms in total. The van der Waals surface area contributed by atoms with Crippen molar-refractivity contribution in [2.45, 2.75) is 43.7 Å². The highest BCUT2D eigenvalue weighted by Crippen LogP contribution is 2.46. The molecule has 0 spiro atoms. The Labute approximate surface area is 192 Å². The van der Waals surface area contributed by atoms with E-state index in [-0.39, 0.29) is 42.6 Å². The largest absolute Gasteiger partial charge is 0.488 e. The van der Waals surface area contributed by atoms with Gasteiger partial charge in [-0.25, -0.2) is 4.79 Å². The number of para-hydroxylation sites is 1. The molecule has 3 aliphatic rings. The monoisotopic (exact) mass is 452 g/mol. The van der Waals surface area contributed by atoms with Gasteiger partial charge in [0, 0.05) is 24.7 Å². The average molecular weight is 453 g/mol. The minimum atomic E-state index is -0.856. The van der Waals surface area contributed by atoms with Crippen LogP contribution in [0.1, 0.15) is 36.0 Å². The van der Waals surface area contributed by atoms with Crippen molar-refractivity contribution in [2.24, 2.45) is 11.8 Å². The molecule has 0 aromatic heterocycles. The quantitative estimate of drug-likeness (QED) is 0.564. The fourth-order valence-electron chi connectivity index (χ4n) is 5.17. The van der Waals surface area contributed by atoms with Crippen LogP contribution in [0.25, 0.3) is 0 Å². The first-order chi connectivity index (χ1) is 16.1. The van der Waals surface area contributed by atoms with Gasteiger partial charge in [-0.05, 0) is 30.7 Å². The van der Waals surface area contributed by atoms with Gasteiger partial charge >= 0.3 is 11.9 Å². The van der Waals surface area contributed by atoms with Gasteiger partial charge in [0.2, 0.25) is 5.79 Å². The summed E-state index contributed by atoms with van der Waals surface area (Å²) in [6, 6.07) is 18.5. The lowest BCUT2D eigenvalue weighted by molar-refractivity contribution is -0.185. The van der Waals surface area contributed by atoms with Crippen LogP contribution in [0.2, 0.25) is 0 Å². The zero-order valence-corrected chi connectivity index (χ0v) is 18.4. The second-order valence-electron chi connectivity index (χ2n) is 8.85. The van der Waals surface area contributed by atoms with E-state index in [4.69, 9.17) is 23.7 Å². The fraction of sp³-hybridized carbons (Fsp3) is 0.462. The Bertz CT molecular complexity index is 955. The molecule has 0 N–H and O–H groups in total. The van der Waals surface area contributed by atoms with Gasteiger partial charge in [-0.3, -0.25) is 4.79 Å². The van der Waals surface area contributed by atoms with E-state index in [0.29, 0.717) is 44.5 Å². The second-order valence-corrected chi connectivity index (χ2v) is 8.85. The molecule has 2 heterocycles. The lowest BCUT2D eigenvalue weighted by Gasteiger charge is -2.30. The molecule has 4 atom stereocenters. The van der Waals surface area contributed by atoms with Crippen molar-refractivity contribution >= 4 is 11.9 Å². The number of hydrogen-bond donors (Lipinski definition) is 0. The van der Waals surface area contributed by atoms with Gasteiger partial charge < -0.3 is 23.7 Å². The van der Waals surface area contributed by atoms with Crippen LogP contribution in [0.3, 0.4) is 0 Å². The summed E-state index contributed by atoms with van der Waals surface area (Å²) in [5.74, 6) is -0.632. The van der Waals surface area contributed by atoms with Gasteiger partial charge in [0.1, 0.15) is 24.6 Å². The summed E-state index contributed by atoms with van der Waals surface area (Å²) in [7, 11) is 0. The minimum absolute atomic E-state index is 0.0180. The Morgan fingerprint density at radius 3 is 2.42 bits per heavy atom. The highest BCUT2D eigenvalue weighted by molar-refractivity contribution is 5.89. The first-order valence-electron chi connectivity index (χ1n) is 11.5. The third-order valence-corrected chi connectivity index (χ3v) is 6.80. The minimum Gasteiger partial charge on any atom is -0.488 e. The predicted molar refractivity (Wildman–Crippen MR) is 118 cm³/mol. The van der Waals surface area contributed by atoms with E-state index in [1.165, 1.54) is 0 Å². The molecule has 174 valence electrons. The van der Waals surface area contributed by atoms with Crippen LogP contribution < -0.4 is 4.74 Å². The average Bonchev–Trinajstić information content (AvgIpc) is 3.53. The molecule has 1 saturated carbocycles. The summed E-state index contributed by atoms with van der Waals surface area (Å²) in [6.45, 7) is 1.27. The number of carbonyl (C=O) groups excluding carboxylic acids is 2. The van der Waals surface area contributed by atoms with Crippen LogP contribution >= 0.6 is 0 Å². The van der Waals surface area contributed by atoms with Gasteiger partial charge in [0.05, 0.1) is 25.2 Å². The number of fused-ring (bicyclic) bond motifs is 1. The maximum absolute atomic E-state index is 12.7. The summed E-state index contributed by atoms with van der Waals surface area (Å²) in [4.78, 5) is 24.6. The van der Waals surface area contributed by atoms with Crippen LogP contribution in [-0.4, -0.2) is 49.8 Å². The lowest BCUT2D eigenvalue weighted by Crippen LogP contribution is -2.39. The van der Waals surface area contributed by atoms with Crippen molar-refractivity contribution in [1.82, 2.24) is 0 Å². The third kappa shape index (κ3) is 4.89. The lowest BCUT2D eigenvalue weighted by atomic mass is 9.86. The van der Waals surface area contributed by atoms with Crippen LogP contribution in [0.4, 0.5) is 0 Å². The van der Waals surface area contributed by atoms with Gasteiger partial charge in [-0.1, -0.05) is 36.4 Å². The van der Waals surface area contributed by atoms with Crippen molar-refractivity contribution in [1.29, 1.82) is 0 Å². The van der Waals surface area contributed by atoms with Gasteiger partial charge in [0.25, 0.3) is 0 Å². The van der Waals surface area contributed by atoms with Crippen molar-refractivity contribution < 1.29 is 33.3 Å². The summed E-state index contributed by atoms with van der Waals surface area (Å²) in [6.07, 6.45) is 1.58. The molecule has 3 fully saturated rings. The smallest absolute Gasteiger partial charge is 0.338 e. The van der Waals surface area contributed by atoms with Gasteiger partial charge in [0.15, 0.2) is 0 Å². The highest BCUT2D eigenvalue weighted by atomic mass is 16.8. The van der Waals surface area contributed by atoms with E-state index in [0.717, 1.165) is 5.75 Å². The topological polar surface area (TPSA) is 80.3 Å². The Hall–Kier alpha value is -2.90. The molecule has 0 amide bonds. The Morgan fingerprint density at radius 1 is 1.00 bits per heavy atom. The molecule has 0 unspecified atom stereocenters. The first-order valence-corrected chi connectivity index (χ1v) is 11.5. The van der Waals surface area contributed by atoms with E-state index in [1.54, 1.807) is 12.1 Å². The van der Waals surface area contributed by atoms with Crippen LogP contribution in [0.5, 0.6) is 5.75 Å². The predicted octanol–water partition coefficient (Wildman–Crippen LogP) is 3.77. The molecule has 7 heteroatoms. The zero-order valence-electron chi connectivity index (χ0n) is 18.4. The van der Waals surface area contributed by atoms with E-state index < -0.39 is 5.79 Å². The molecule has 2 aromatic carbocycles. The standard InChI is InChI=1S/C26H28O7/c27-24-15-21-20(22(16-23(21)32-24)33-25(28)18-7-3-1-4-8-18)11-12-26(30-13-14-31-26)17-29-19-9-5-2-6-10-19/h1-10,20-23H,11-17H2/t20-,21-,22-,23+/m1/s1. The molecule has 2 aromatic rings. The molecular formula is C26H28O7. The zero-order chi connectivity index (χ0) is 22.7. The van der Waals surface area contributed by atoms with E-state index >= 15 is 0 Å².